The highest BCUT2D eigenvalue weighted by Gasteiger charge is 2.24. The number of hydrogen-bond acceptors (Lipinski definition) is 1. The first-order valence-electron chi connectivity index (χ1n) is 5.37. The monoisotopic (exact) mass is 227 g/mol. The van der Waals surface area contributed by atoms with Crippen LogP contribution in [0.5, 0.6) is 0 Å². The third-order valence-corrected chi connectivity index (χ3v) is 2.12. The molecule has 16 heavy (non-hydrogen) atoms. The van der Waals surface area contributed by atoms with Crippen LogP contribution < -0.4 is 0 Å². The van der Waals surface area contributed by atoms with Crippen molar-refractivity contribution < 1.29 is 8.78 Å². The minimum atomic E-state index is -2.79. The van der Waals surface area contributed by atoms with Crippen LogP contribution in [0.3, 0.4) is 0 Å². The number of aliphatic imine (C=N–C) groups is 1. The quantitative estimate of drug-likeness (QED) is 0.669. The number of halogens is 2. The Morgan fingerprint density at radius 3 is 2.25 bits per heavy atom. The largest absolute Gasteiger partial charge is 0.293 e. The average Bonchev–Trinajstić information content (AvgIpc) is 2.30. The molecule has 0 amide bonds. The summed E-state index contributed by atoms with van der Waals surface area (Å²) in [5, 5.41) is 0. The molecule has 0 saturated heterocycles. The van der Waals surface area contributed by atoms with Crippen LogP contribution in [0.25, 0.3) is 0 Å². The van der Waals surface area contributed by atoms with Gasteiger partial charge in [-0.1, -0.05) is 32.0 Å². The number of hydrogen-bond donors (Lipinski definition) is 0. The molecule has 0 N–H and O–H groups in total. The Labute approximate surface area is 96.2 Å². The summed E-state index contributed by atoms with van der Waals surface area (Å²) in [6.45, 7) is 6.69. The lowest BCUT2D eigenvalue weighted by Crippen LogP contribution is -2.08. The second-order valence-corrected chi connectivity index (χ2v) is 3.28. The molecular formula is C13H19F2N. The van der Waals surface area contributed by atoms with E-state index in [-0.39, 0.29) is 5.56 Å². The second-order valence-electron chi connectivity index (χ2n) is 3.28. The standard InChI is InChI=1S/C11H13F2N.C2H6/c1-8(14-3)9-5-4-6-10(7-9)11(2,12)13;1-2/h4-7H,1-3H3;1-2H3. The van der Waals surface area contributed by atoms with Crippen LogP contribution in [0.15, 0.2) is 29.3 Å². The van der Waals surface area contributed by atoms with Gasteiger partial charge in [0.05, 0.1) is 0 Å². The first-order chi connectivity index (χ1) is 7.45. The van der Waals surface area contributed by atoms with E-state index in [1.807, 2.05) is 13.8 Å². The first-order valence-corrected chi connectivity index (χ1v) is 5.37. The summed E-state index contributed by atoms with van der Waals surface area (Å²) in [6, 6.07) is 6.29. The molecular weight excluding hydrogens is 208 g/mol. The second kappa shape index (κ2) is 6.36. The van der Waals surface area contributed by atoms with Crippen molar-refractivity contribution in [1.29, 1.82) is 0 Å². The van der Waals surface area contributed by atoms with E-state index in [1.165, 1.54) is 12.1 Å². The van der Waals surface area contributed by atoms with E-state index in [2.05, 4.69) is 4.99 Å². The van der Waals surface area contributed by atoms with Crippen molar-refractivity contribution >= 4 is 5.71 Å². The molecule has 0 spiro atoms. The van der Waals surface area contributed by atoms with Gasteiger partial charge in [-0.2, -0.15) is 0 Å². The minimum Gasteiger partial charge on any atom is -0.293 e. The fourth-order valence-electron chi connectivity index (χ4n) is 1.15. The Kier molecular flexibility index (Phi) is 5.86. The fourth-order valence-corrected chi connectivity index (χ4v) is 1.15. The Bertz CT molecular complexity index is 351. The molecule has 0 aromatic heterocycles. The molecule has 0 saturated carbocycles. The van der Waals surface area contributed by atoms with Gasteiger partial charge in [0.15, 0.2) is 0 Å². The van der Waals surface area contributed by atoms with E-state index in [4.69, 9.17) is 0 Å². The van der Waals surface area contributed by atoms with Crippen LogP contribution in [0.4, 0.5) is 8.78 Å². The Balaban J connectivity index is 0.00000106. The Morgan fingerprint density at radius 1 is 1.25 bits per heavy atom. The maximum absolute atomic E-state index is 13.0. The van der Waals surface area contributed by atoms with Crippen molar-refractivity contribution in [3.05, 3.63) is 35.4 Å². The Morgan fingerprint density at radius 2 is 1.81 bits per heavy atom. The van der Waals surface area contributed by atoms with Crippen LogP contribution in [0.1, 0.15) is 38.8 Å². The van der Waals surface area contributed by atoms with Crippen LogP contribution in [-0.2, 0) is 5.92 Å². The van der Waals surface area contributed by atoms with Crippen LogP contribution >= 0.6 is 0 Å². The molecule has 0 atom stereocenters. The minimum absolute atomic E-state index is 0.0259. The third-order valence-electron chi connectivity index (χ3n) is 2.12. The van der Waals surface area contributed by atoms with Crippen LogP contribution in [0, 0.1) is 0 Å². The molecule has 0 radical (unpaired) electrons. The fraction of sp³-hybridized carbons (Fsp3) is 0.462. The summed E-state index contributed by atoms with van der Waals surface area (Å²) in [5.74, 6) is -2.79. The average molecular weight is 227 g/mol. The highest BCUT2D eigenvalue weighted by molar-refractivity contribution is 5.98. The van der Waals surface area contributed by atoms with E-state index < -0.39 is 5.92 Å². The van der Waals surface area contributed by atoms with Gasteiger partial charge in [0.25, 0.3) is 5.92 Å². The number of rotatable bonds is 2. The topological polar surface area (TPSA) is 12.4 Å². The highest BCUT2D eigenvalue weighted by atomic mass is 19.3. The van der Waals surface area contributed by atoms with Gasteiger partial charge in [-0.25, -0.2) is 8.78 Å². The predicted molar refractivity (Wildman–Crippen MR) is 65.5 cm³/mol. The van der Waals surface area contributed by atoms with Crippen LogP contribution in [0.2, 0.25) is 0 Å². The maximum atomic E-state index is 13.0. The number of nitrogens with zero attached hydrogens (tertiary/aromatic N) is 1. The van der Waals surface area contributed by atoms with Crippen molar-refractivity contribution in [1.82, 2.24) is 0 Å². The lowest BCUT2D eigenvalue weighted by Gasteiger charge is -2.11. The molecule has 0 fully saturated rings. The Hall–Kier alpha value is -1.25. The third kappa shape index (κ3) is 4.09. The summed E-state index contributed by atoms with van der Waals surface area (Å²) in [4.78, 5) is 3.95. The maximum Gasteiger partial charge on any atom is 0.270 e. The molecule has 90 valence electrons. The summed E-state index contributed by atoms with van der Waals surface area (Å²) in [5.41, 5.74) is 1.53. The van der Waals surface area contributed by atoms with Gasteiger partial charge < -0.3 is 0 Å². The van der Waals surface area contributed by atoms with E-state index in [9.17, 15) is 8.78 Å². The summed E-state index contributed by atoms with van der Waals surface area (Å²) < 4.78 is 25.9. The lowest BCUT2D eigenvalue weighted by atomic mass is 10.0. The van der Waals surface area contributed by atoms with Gasteiger partial charge in [-0.15, -0.1) is 0 Å². The SMILES string of the molecule is CC.CN=C(C)c1cccc(C(C)(F)F)c1. The smallest absolute Gasteiger partial charge is 0.270 e. The van der Waals surface area contributed by atoms with Crippen LogP contribution in [-0.4, -0.2) is 12.8 Å². The zero-order valence-corrected chi connectivity index (χ0v) is 10.5. The summed E-state index contributed by atoms with van der Waals surface area (Å²) in [7, 11) is 1.64. The zero-order chi connectivity index (χ0) is 12.8. The van der Waals surface area contributed by atoms with Gasteiger partial charge in [0.2, 0.25) is 0 Å². The molecule has 0 aliphatic rings. The van der Waals surface area contributed by atoms with Gasteiger partial charge in [0.1, 0.15) is 0 Å². The van der Waals surface area contributed by atoms with Gasteiger partial charge in [0, 0.05) is 25.2 Å². The molecule has 0 heterocycles. The number of benzene rings is 1. The normalized spacial score (nSPS) is 11.8. The predicted octanol–water partition coefficient (Wildman–Crippen LogP) is 4.26. The molecule has 1 nitrogen and oxygen atoms in total. The van der Waals surface area contributed by atoms with E-state index >= 15 is 0 Å². The van der Waals surface area contributed by atoms with Gasteiger partial charge >= 0.3 is 0 Å². The van der Waals surface area contributed by atoms with E-state index in [0.29, 0.717) is 0 Å². The molecule has 0 bridgehead atoms. The molecule has 0 aliphatic heterocycles. The molecule has 3 heteroatoms. The van der Waals surface area contributed by atoms with Gasteiger partial charge in [-0.05, 0) is 18.6 Å². The zero-order valence-electron chi connectivity index (χ0n) is 10.5. The molecule has 0 unspecified atom stereocenters. The summed E-state index contributed by atoms with van der Waals surface area (Å²) in [6.07, 6.45) is 0. The van der Waals surface area contributed by atoms with E-state index in [0.717, 1.165) is 18.2 Å². The molecule has 1 aromatic rings. The lowest BCUT2D eigenvalue weighted by molar-refractivity contribution is 0.0174. The summed E-state index contributed by atoms with van der Waals surface area (Å²) >= 11 is 0. The van der Waals surface area contributed by atoms with Crippen molar-refractivity contribution in [2.75, 3.05) is 7.05 Å². The highest BCUT2D eigenvalue weighted by Crippen LogP contribution is 2.27. The van der Waals surface area contributed by atoms with Gasteiger partial charge in [-0.3, -0.25) is 4.99 Å². The molecule has 1 rings (SSSR count). The molecule has 1 aromatic carbocycles. The van der Waals surface area contributed by atoms with Crippen molar-refractivity contribution in [2.24, 2.45) is 4.99 Å². The van der Waals surface area contributed by atoms with Crippen molar-refractivity contribution in [3.8, 4) is 0 Å². The molecule has 0 aliphatic carbocycles. The first kappa shape index (κ1) is 14.8. The number of alkyl halides is 2. The van der Waals surface area contributed by atoms with E-state index in [1.54, 1.807) is 26.1 Å². The van der Waals surface area contributed by atoms with Crippen molar-refractivity contribution in [3.63, 3.8) is 0 Å². The van der Waals surface area contributed by atoms with Crippen molar-refractivity contribution in [2.45, 2.75) is 33.6 Å².